The standard InChI is InChI=1S/C21H29NO2.ClH/c1-4-21(23-3)19-10-12-20(13-11-19)24-15-14-22-17(2)16-18-8-6-5-7-9-18;/h5-13,17,21-22H,4,14-16H2,1-3H3;1H. The van der Waals surface area contributed by atoms with Gasteiger partial charge in [0.05, 0.1) is 6.10 Å². The number of hydrogen-bond acceptors (Lipinski definition) is 3. The summed E-state index contributed by atoms with van der Waals surface area (Å²) >= 11 is 0. The minimum atomic E-state index is 0. The zero-order valence-corrected chi connectivity index (χ0v) is 16.2. The van der Waals surface area contributed by atoms with Gasteiger partial charge in [-0.1, -0.05) is 49.4 Å². The molecule has 0 spiro atoms. The first-order valence-electron chi connectivity index (χ1n) is 8.75. The lowest BCUT2D eigenvalue weighted by molar-refractivity contribution is 0.1000. The molecule has 0 aliphatic carbocycles. The third kappa shape index (κ3) is 7.47. The summed E-state index contributed by atoms with van der Waals surface area (Å²) in [5.74, 6) is 0.905. The van der Waals surface area contributed by atoms with Crippen LogP contribution in [0.3, 0.4) is 0 Å². The topological polar surface area (TPSA) is 30.5 Å². The van der Waals surface area contributed by atoms with Crippen molar-refractivity contribution in [2.45, 2.75) is 38.8 Å². The minimum absolute atomic E-state index is 0. The van der Waals surface area contributed by atoms with Crippen LogP contribution in [0.15, 0.2) is 54.6 Å². The van der Waals surface area contributed by atoms with Gasteiger partial charge in [0, 0.05) is 19.7 Å². The first-order valence-corrected chi connectivity index (χ1v) is 8.75. The number of hydrogen-bond donors (Lipinski definition) is 1. The molecule has 2 atom stereocenters. The highest BCUT2D eigenvalue weighted by Gasteiger charge is 2.07. The quantitative estimate of drug-likeness (QED) is 0.615. The van der Waals surface area contributed by atoms with Gasteiger partial charge in [-0.25, -0.2) is 0 Å². The van der Waals surface area contributed by atoms with E-state index in [0.29, 0.717) is 12.6 Å². The van der Waals surface area contributed by atoms with E-state index in [1.165, 1.54) is 11.1 Å². The van der Waals surface area contributed by atoms with Crippen molar-refractivity contribution < 1.29 is 9.47 Å². The predicted octanol–water partition coefficient (Wildman–Crippen LogP) is 4.81. The fourth-order valence-corrected chi connectivity index (χ4v) is 2.83. The summed E-state index contributed by atoms with van der Waals surface area (Å²) in [5.41, 5.74) is 2.56. The second-order valence-electron chi connectivity index (χ2n) is 6.09. The van der Waals surface area contributed by atoms with E-state index in [1.807, 2.05) is 12.1 Å². The summed E-state index contributed by atoms with van der Waals surface area (Å²) < 4.78 is 11.3. The molecule has 0 fully saturated rings. The SMILES string of the molecule is CCC(OC)c1ccc(OCCNC(C)Cc2ccccc2)cc1.Cl. The fourth-order valence-electron chi connectivity index (χ4n) is 2.83. The molecule has 0 amide bonds. The molecule has 2 rings (SSSR count). The maximum absolute atomic E-state index is 5.81. The normalized spacial score (nSPS) is 12.9. The molecule has 0 saturated carbocycles. The van der Waals surface area contributed by atoms with Crippen LogP contribution < -0.4 is 10.1 Å². The molecule has 0 bridgehead atoms. The molecule has 2 aromatic rings. The molecule has 1 N–H and O–H groups in total. The molecule has 0 aliphatic rings. The molecule has 0 heterocycles. The highest BCUT2D eigenvalue weighted by Crippen LogP contribution is 2.22. The zero-order valence-electron chi connectivity index (χ0n) is 15.4. The van der Waals surface area contributed by atoms with Crippen molar-refractivity contribution in [3.05, 3.63) is 65.7 Å². The van der Waals surface area contributed by atoms with Crippen LogP contribution >= 0.6 is 12.4 Å². The first kappa shape index (κ1) is 21.5. The van der Waals surface area contributed by atoms with E-state index in [-0.39, 0.29) is 18.5 Å². The average molecular weight is 364 g/mol. The van der Waals surface area contributed by atoms with Crippen LogP contribution in [-0.2, 0) is 11.2 Å². The third-order valence-electron chi connectivity index (χ3n) is 4.16. The van der Waals surface area contributed by atoms with Crippen LogP contribution in [0.2, 0.25) is 0 Å². The fraction of sp³-hybridized carbons (Fsp3) is 0.429. The molecular formula is C21H30ClNO2. The zero-order chi connectivity index (χ0) is 17.2. The van der Waals surface area contributed by atoms with Gasteiger partial charge in [-0.05, 0) is 43.0 Å². The van der Waals surface area contributed by atoms with Crippen LogP contribution in [0.4, 0.5) is 0 Å². The van der Waals surface area contributed by atoms with E-state index in [4.69, 9.17) is 9.47 Å². The Morgan fingerprint density at radius 2 is 1.68 bits per heavy atom. The molecular weight excluding hydrogens is 334 g/mol. The Bertz CT molecular complexity index is 570. The van der Waals surface area contributed by atoms with E-state index < -0.39 is 0 Å². The monoisotopic (exact) mass is 363 g/mol. The van der Waals surface area contributed by atoms with Crippen LogP contribution in [0.1, 0.15) is 37.5 Å². The molecule has 0 aromatic heterocycles. The number of benzene rings is 2. The Kier molecular flexibility index (Phi) is 10.2. The predicted molar refractivity (Wildman–Crippen MR) is 107 cm³/mol. The van der Waals surface area contributed by atoms with Crippen LogP contribution in [0.25, 0.3) is 0 Å². The molecule has 0 aliphatic heterocycles. The Hall–Kier alpha value is -1.55. The minimum Gasteiger partial charge on any atom is -0.492 e. The Labute approximate surface area is 158 Å². The lowest BCUT2D eigenvalue weighted by Crippen LogP contribution is -2.31. The lowest BCUT2D eigenvalue weighted by Gasteiger charge is -2.15. The van der Waals surface area contributed by atoms with E-state index in [1.54, 1.807) is 7.11 Å². The lowest BCUT2D eigenvalue weighted by atomic mass is 10.1. The molecule has 2 unspecified atom stereocenters. The summed E-state index contributed by atoms with van der Waals surface area (Å²) in [6.45, 7) is 5.84. The summed E-state index contributed by atoms with van der Waals surface area (Å²) in [6, 6.07) is 19.2. The van der Waals surface area contributed by atoms with Gasteiger partial charge in [0.1, 0.15) is 12.4 Å². The number of ether oxygens (including phenoxy) is 2. The van der Waals surface area contributed by atoms with Gasteiger partial charge >= 0.3 is 0 Å². The summed E-state index contributed by atoms with van der Waals surface area (Å²) in [6.07, 6.45) is 2.17. The number of rotatable bonds is 10. The van der Waals surface area contributed by atoms with E-state index in [2.05, 4.69) is 61.6 Å². The van der Waals surface area contributed by atoms with Crippen LogP contribution in [0, 0.1) is 0 Å². The second-order valence-corrected chi connectivity index (χ2v) is 6.09. The van der Waals surface area contributed by atoms with Gasteiger partial charge in [-0.3, -0.25) is 0 Å². The van der Waals surface area contributed by atoms with E-state index >= 15 is 0 Å². The van der Waals surface area contributed by atoms with Crippen molar-refractivity contribution >= 4 is 12.4 Å². The largest absolute Gasteiger partial charge is 0.492 e. The molecule has 0 radical (unpaired) electrons. The molecule has 0 saturated heterocycles. The summed E-state index contributed by atoms with van der Waals surface area (Å²) in [5, 5.41) is 3.50. The smallest absolute Gasteiger partial charge is 0.119 e. The molecule has 2 aromatic carbocycles. The van der Waals surface area contributed by atoms with Crippen LogP contribution in [0.5, 0.6) is 5.75 Å². The van der Waals surface area contributed by atoms with Crippen molar-refractivity contribution in [3.8, 4) is 5.75 Å². The maximum atomic E-state index is 5.81. The van der Waals surface area contributed by atoms with Crippen molar-refractivity contribution in [3.63, 3.8) is 0 Å². The highest BCUT2D eigenvalue weighted by molar-refractivity contribution is 5.85. The van der Waals surface area contributed by atoms with Gasteiger partial charge in [0.2, 0.25) is 0 Å². The molecule has 138 valence electrons. The highest BCUT2D eigenvalue weighted by atomic mass is 35.5. The Morgan fingerprint density at radius 3 is 2.28 bits per heavy atom. The third-order valence-corrected chi connectivity index (χ3v) is 4.16. The van der Waals surface area contributed by atoms with Gasteiger partial charge in [0.25, 0.3) is 0 Å². The van der Waals surface area contributed by atoms with Gasteiger partial charge < -0.3 is 14.8 Å². The van der Waals surface area contributed by atoms with Gasteiger partial charge in [-0.15, -0.1) is 12.4 Å². The van der Waals surface area contributed by atoms with Crippen molar-refractivity contribution in [1.29, 1.82) is 0 Å². The molecule has 4 heteroatoms. The summed E-state index contributed by atoms with van der Waals surface area (Å²) in [7, 11) is 1.75. The van der Waals surface area contributed by atoms with Gasteiger partial charge in [-0.2, -0.15) is 0 Å². The van der Waals surface area contributed by atoms with Crippen molar-refractivity contribution in [2.24, 2.45) is 0 Å². The maximum Gasteiger partial charge on any atom is 0.119 e. The van der Waals surface area contributed by atoms with E-state index in [9.17, 15) is 0 Å². The van der Waals surface area contributed by atoms with Crippen molar-refractivity contribution in [2.75, 3.05) is 20.3 Å². The Morgan fingerprint density at radius 1 is 1.00 bits per heavy atom. The van der Waals surface area contributed by atoms with Crippen molar-refractivity contribution in [1.82, 2.24) is 5.32 Å². The Balaban J connectivity index is 0.00000312. The number of methoxy groups -OCH3 is 1. The molecule has 25 heavy (non-hydrogen) atoms. The molecule has 3 nitrogen and oxygen atoms in total. The van der Waals surface area contributed by atoms with E-state index in [0.717, 1.165) is 25.1 Å². The second kappa shape index (κ2) is 11.9. The average Bonchev–Trinajstić information content (AvgIpc) is 2.62. The number of halogens is 1. The summed E-state index contributed by atoms with van der Waals surface area (Å²) in [4.78, 5) is 0. The number of nitrogens with one attached hydrogen (secondary N) is 1. The first-order chi connectivity index (χ1) is 11.7. The van der Waals surface area contributed by atoms with Gasteiger partial charge in [0.15, 0.2) is 0 Å². The van der Waals surface area contributed by atoms with Crippen LogP contribution in [-0.4, -0.2) is 26.3 Å².